The Hall–Kier alpha value is -0.570. The average molecular weight is 238 g/mol. The number of carbonyl (C=O) groups is 1. The van der Waals surface area contributed by atoms with E-state index in [2.05, 4.69) is 24.5 Å². The van der Waals surface area contributed by atoms with E-state index in [1.54, 1.807) is 0 Å². The molecule has 2 N–H and O–H groups in total. The lowest BCUT2D eigenvalue weighted by atomic mass is 9.79. The van der Waals surface area contributed by atoms with Gasteiger partial charge in [-0.25, -0.2) is 0 Å². The highest BCUT2D eigenvalue weighted by Gasteiger charge is 2.26. The number of carbonyl (C=O) groups excluding carboxylic acids is 1. The van der Waals surface area contributed by atoms with E-state index in [1.165, 1.54) is 25.7 Å². The molecule has 2 rings (SSSR count). The van der Waals surface area contributed by atoms with Gasteiger partial charge < -0.3 is 10.6 Å². The molecule has 0 spiro atoms. The van der Waals surface area contributed by atoms with Gasteiger partial charge in [0.15, 0.2) is 0 Å². The van der Waals surface area contributed by atoms with Crippen LogP contribution in [0, 0.1) is 11.8 Å². The van der Waals surface area contributed by atoms with E-state index in [-0.39, 0.29) is 5.91 Å². The lowest BCUT2D eigenvalue weighted by Crippen LogP contribution is -2.50. The van der Waals surface area contributed by atoms with Crippen molar-refractivity contribution in [2.24, 2.45) is 11.8 Å². The monoisotopic (exact) mass is 238 g/mol. The Bertz CT molecular complexity index is 247. The molecule has 3 nitrogen and oxygen atoms in total. The fourth-order valence-corrected chi connectivity index (χ4v) is 3.16. The number of rotatable bonds is 3. The van der Waals surface area contributed by atoms with Gasteiger partial charge >= 0.3 is 0 Å². The highest BCUT2D eigenvalue weighted by molar-refractivity contribution is 5.76. The topological polar surface area (TPSA) is 41.1 Å². The summed E-state index contributed by atoms with van der Waals surface area (Å²) in [6.07, 6.45) is 7.07. The average Bonchev–Trinajstić information content (AvgIpc) is 2.33. The second-order valence-corrected chi connectivity index (χ2v) is 6.06. The van der Waals surface area contributed by atoms with Gasteiger partial charge in [0.1, 0.15) is 0 Å². The lowest BCUT2D eigenvalue weighted by Gasteiger charge is -2.35. The molecule has 1 aliphatic carbocycles. The summed E-state index contributed by atoms with van der Waals surface area (Å²) in [6, 6.07) is 1.19. The Balaban J connectivity index is 1.69. The van der Waals surface area contributed by atoms with Crippen LogP contribution in [0.25, 0.3) is 0 Å². The number of amides is 1. The van der Waals surface area contributed by atoms with Crippen molar-refractivity contribution in [1.29, 1.82) is 0 Å². The van der Waals surface area contributed by atoms with Crippen LogP contribution in [0.2, 0.25) is 0 Å². The van der Waals surface area contributed by atoms with Crippen molar-refractivity contribution in [3.8, 4) is 0 Å². The number of hydrogen-bond acceptors (Lipinski definition) is 2. The molecule has 98 valence electrons. The molecule has 1 atom stereocenters. The van der Waals surface area contributed by atoms with Gasteiger partial charge in [0.2, 0.25) is 5.91 Å². The summed E-state index contributed by atoms with van der Waals surface area (Å²) >= 11 is 0. The second kappa shape index (κ2) is 5.85. The Labute approximate surface area is 105 Å². The lowest BCUT2D eigenvalue weighted by molar-refractivity contribution is -0.122. The quantitative estimate of drug-likeness (QED) is 0.790. The number of nitrogens with one attached hydrogen (secondary N) is 2. The van der Waals surface area contributed by atoms with Crippen molar-refractivity contribution in [3.05, 3.63) is 0 Å². The van der Waals surface area contributed by atoms with Gasteiger partial charge in [0.05, 0.1) is 0 Å². The summed E-state index contributed by atoms with van der Waals surface area (Å²) in [6.45, 7) is 5.51. The second-order valence-electron chi connectivity index (χ2n) is 6.06. The molecule has 0 aromatic rings. The van der Waals surface area contributed by atoms with Crippen LogP contribution in [0.3, 0.4) is 0 Å². The van der Waals surface area contributed by atoms with Gasteiger partial charge in [-0.05, 0) is 43.9 Å². The van der Waals surface area contributed by atoms with E-state index in [4.69, 9.17) is 0 Å². The fraction of sp³-hybridized carbons (Fsp3) is 0.929. The summed E-state index contributed by atoms with van der Waals surface area (Å²) in [5.74, 6) is 1.98. The molecule has 3 heteroatoms. The highest BCUT2D eigenvalue weighted by Crippen LogP contribution is 2.30. The van der Waals surface area contributed by atoms with Gasteiger partial charge in [0.25, 0.3) is 0 Å². The molecule has 2 fully saturated rings. The first-order chi connectivity index (χ1) is 8.15. The van der Waals surface area contributed by atoms with Crippen molar-refractivity contribution in [2.45, 2.75) is 64.5 Å². The molecule has 0 bridgehead atoms. The molecule has 2 aliphatic rings. The number of hydrogen-bond donors (Lipinski definition) is 2. The fourth-order valence-electron chi connectivity index (χ4n) is 3.16. The summed E-state index contributed by atoms with van der Waals surface area (Å²) in [5, 5.41) is 6.67. The van der Waals surface area contributed by atoms with Crippen molar-refractivity contribution < 1.29 is 4.79 Å². The van der Waals surface area contributed by atoms with E-state index in [0.717, 1.165) is 24.8 Å². The molecule has 0 radical (unpaired) electrons. The smallest absolute Gasteiger partial charge is 0.220 e. The Morgan fingerprint density at radius 3 is 2.35 bits per heavy atom. The van der Waals surface area contributed by atoms with Gasteiger partial charge in [0, 0.05) is 25.0 Å². The third kappa shape index (κ3) is 3.70. The maximum atomic E-state index is 11.1. The van der Waals surface area contributed by atoms with Crippen LogP contribution in [0.15, 0.2) is 0 Å². The summed E-state index contributed by atoms with van der Waals surface area (Å²) in [5.41, 5.74) is 0. The van der Waals surface area contributed by atoms with Crippen molar-refractivity contribution >= 4 is 5.91 Å². The molecule has 1 heterocycles. The minimum absolute atomic E-state index is 0.214. The summed E-state index contributed by atoms with van der Waals surface area (Å²) < 4.78 is 0. The van der Waals surface area contributed by atoms with Gasteiger partial charge in [-0.1, -0.05) is 13.8 Å². The predicted octanol–water partition coefficient (Wildman–Crippen LogP) is 2.07. The van der Waals surface area contributed by atoms with Crippen LogP contribution in [0.4, 0.5) is 0 Å². The maximum Gasteiger partial charge on any atom is 0.220 e. The van der Waals surface area contributed by atoms with E-state index in [9.17, 15) is 4.79 Å². The normalized spacial score (nSPS) is 34.8. The van der Waals surface area contributed by atoms with Gasteiger partial charge in [-0.15, -0.1) is 0 Å². The summed E-state index contributed by atoms with van der Waals surface area (Å²) in [7, 11) is 0. The van der Waals surface area contributed by atoms with Crippen molar-refractivity contribution in [3.63, 3.8) is 0 Å². The standard InChI is InChI=1S/C14H26N2O/c1-10(2)11-3-5-12(6-4-11)16-13-7-8-14(17)15-9-13/h10-13,16H,3-9H2,1-2H3,(H,15,17). The van der Waals surface area contributed by atoms with Gasteiger partial charge in [-0.3, -0.25) is 4.79 Å². The van der Waals surface area contributed by atoms with Gasteiger partial charge in [-0.2, -0.15) is 0 Å². The first kappa shape index (κ1) is 12.9. The first-order valence-electron chi connectivity index (χ1n) is 7.18. The molecule has 1 amide bonds. The van der Waals surface area contributed by atoms with E-state index < -0.39 is 0 Å². The van der Waals surface area contributed by atoms with E-state index in [0.29, 0.717) is 18.5 Å². The Kier molecular flexibility index (Phi) is 4.43. The number of piperidine rings is 1. The minimum atomic E-state index is 0.214. The largest absolute Gasteiger partial charge is 0.355 e. The molecule has 17 heavy (non-hydrogen) atoms. The molecular formula is C14H26N2O. The van der Waals surface area contributed by atoms with Crippen LogP contribution in [0.1, 0.15) is 52.4 Å². The molecule has 1 aliphatic heterocycles. The van der Waals surface area contributed by atoms with E-state index >= 15 is 0 Å². The molecule has 0 aromatic heterocycles. The summed E-state index contributed by atoms with van der Waals surface area (Å²) in [4.78, 5) is 11.1. The third-order valence-electron chi connectivity index (χ3n) is 4.45. The first-order valence-corrected chi connectivity index (χ1v) is 7.18. The van der Waals surface area contributed by atoms with E-state index in [1.807, 2.05) is 0 Å². The minimum Gasteiger partial charge on any atom is -0.355 e. The molecule has 1 saturated carbocycles. The molecule has 1 unspecified atom stereocenters. The van der Waals surface area contributed by atoms with Crippen LogP contribution >= 0.6 is 0 Å². The van der Waals surface area contributed by atoms with Crippen LogP contribution < -0.4 is 10.6 Å². The zero-order valence-corrected chi connectivity index (χ0v) is 11.2. The van der Waals surface area contributed by atoms with Crippen LogP contribution in [0.5, 0.6) is 0 Å². The maximum absolute atomic E-state index is 11.1. The highest BCUT2D eigenvalue weighted by atomic mass is 16.1. The van der Waals surface area contributed by atoms with Crippen LogP contribution in [-0.2, 0) is 4.79 Å². The van der Waals surface area contributed by atoms with Crippen molar-refractivity contribution in [2.75, 3.05) is 6.54 Å². The Morgan fingerprint density at radius 2 is 1.82 bits per heavy atom. The zero-order valence-electron chi connectivity index (χ0n) is 11.2. The Morgan fingerprint density at radius 1 is 1.12 bits per heavy atom. The molecule has 0 aromatic carbocycles. The predicted molar refractivity (Wildman–Crippen MR) is 69.8 cm³/mol. The van der Waals surface area contributed by atoms with Crippen LogP contribution in [-0.4, -0.2) is 24.5 Å². The SMILES string of the molecule is CC(C)C1CCC(NC2CCC(=O)NC2)CC1. The zero-order chi connectivity index (χ0) is 12.3. The molecular weight excluding hydrogens is 212 g/mol. The third-order valence-corrected chi connectivity index (χ3v) is 4.45. The molecule has 1 saturated heterocycles. The van der Waals surface area contributed by atoms with Crippen molar-refractivity contribution in [1.82, 2.24) is 10.6 Å².